The van der Waals surface area contributed by atoms with Crippen LogP contribution >= 0.6 is 7.82 Å². The van der Waals surface area contributed by atoms with Gasteiger partial charge < -0.3 is 33.3 Å². The van der Waals surface area contributed by atoms with E-state index in [1.54, 1.807) is 0 Å². The van der Waals surface area contributed by atoms with Gasteiger partial charge in [0.15, 0.2) is 0 Å². The smallest absolute Gasteiger partial charge is 0.790 e. The Morgan fingerprint density at radius 1 is 1.27 bits per heavy atom. The molecule has 11 heteroatoms. The molecule has 0 spiro atoms. The van der Waals surface area contributed by atoms with Gasteiger partial charge in [0.2, 0.25) is 0 Å². The van der Waals surface area contributed by atoms with Crippen LogP contribution in [0.5, 0.6) is 0 Å². The molecule has 0 aromatic heterocycles. The van der Waals surface area contributed by atoms with Crippen molar-refractivity contribution in [3.8, 4) is 0 Å². The minimum Gasteiger partial charge on any atom is -0.790 e. The first kappa shape index (κ1) is 23.0. The molecule has 0 rings (SSSR count). The average Bonchev–Trinajstić information content (AvgIpc) is 1.19. The second-order valence-electron chi connectivity index (χ2n) is 0.719. The Balaban J connectivity index is -0.0000000383. The number of hydrogen-bond acceptors (Lipinski definition) is 6. The molecular weight excluding hydrogens is 324 g/mol. The van der Waals surface area contributed by atoms with E-state index < -0.39 is 17.0 Å². The van der Waals surface area contributed by atoms with Crippen LogP contribution in [0.25, 0.3) is 0 Å². The van der Waals surface area contributed by atoms with E-state index >= 15 is 0 Å². The Bertz CT molecular complexity index is 118. The molecule has 11 heavy (non-hydrogen) atoms. The molecule has 1 N–H and O–H groups in total. The normalized spacial score (nSPS) is 7.55. The van der Waals surface area contributed by atoms with Crippen LogP contribution in [0.3, 0.4) is 0 Å². The van der Waals surface area contributed by atoms with Crippen molar-refractivity contribution < 1.29 is 52.8 Å². The summed E-state index contributed by atoms with van der Waals surface area (Å²) in [5, 5.41) is 0. The van der Waals surface area contributed by atoms with Crippen molar-refractivity contribution in [3.63, 3.8) is 0 Å². The van der Waals surface area contributed by atoms with Crippen molar-refractivity contribution in [2.24, 2.45) is 0 Å². The van der Waals surface area contributed by atoms with Gasteiger partial charge in [-0.2, -0.15) is 0 Å². The summed E-state index contributed by atoms with van der Waals surface area (Å²) < 4.78 is 17.2. The summed E-state index contributed by atoms with van der Waals surface area (Å²) in [6.07, 6.45) is 0. The Hall–Kier alpha value is 1.83. The molecule has 0 aromatic rings. The zero-order valence-electron chi connectivity index (χ0n) is 5.26. The van der Waals surface area contributed by atoms with E-state index in [2.05, 4.69) is 0 Å². The first-order chi connectivity index (χ1) is 3.73. The van der Waals surface area contributed by atoms with Gasteiger partial charge in [-0.25, -0.2) is 0 Å². The third-order valence-corrected chi connectivity index (χ3v) is 0. The third-order valence-electron chi connectivity index (χ3n) is 0. The van der Waals surface area contributed by atoms with E-state index in [9.17, 15) is 0 Å². The molecule has 0 heterocycles. The minimum atomic E-state index is -5.14. The molecule has 0 atom stereocenters. The number of phosphoric acid groups is 1. The summed E-state index contributed by atoms with van der Waals surface area (Å²) in [5.74, 6) is 0. The minimum absolute atomic E-state index is 0. The molecule has 0 unspecified atom stereocenters. The molecule has 7 nitrogen and oxygen atoms in total. The fourth-order valence-electron chi connectivity index (χ4n) is 0. The fraction of sp³-hybridized carbons (Fsp3) is 0. The molecular formula is HO7PSiSrZn. The maximum absolute atomic E-state index is 8.66. The van der Waals surface area contributed by atoms with E-state index in [0.717, 1.165) is 0 Å². The van der Waals surface area contributed by atoms with Crippen LogP contribution in [0.1, 0.15) is 0 Å². The van der Waals surface area contributed by atoms with Gasteiger partial charge in [0.1, 0.15) is 0 Å². The molecule has 0 aromatic carbocycles. The third kappa shape index (κ3) is 341. The number of hydrogen-bond donors (Lipinski definition) is 1. The summed E-state index contributed by atoms with van der Waals surface area (Å²) in [6, 6.07) is 0. The van der Waals surface area contributed by atoms with Crippen molar-refractivity contribution in [1.29, 1.82) is 0 Å². The van der Waals surface area contributed by atoms with Gasteiger partial charge >= 0.3 is 65.0 Å². The monoisotopic (exact) mass is 324 g/mol. The summed E-state index contributed by atoms with van der Waals surface area (Å²) in [6.45, 7) is 0. The Morgan fingerprint density at radius 2 is 1.27 bits per heavy atom. The first-order valence-corrected chi connectivity index (χ1v) is 4.08. The average molecular weight is 325 g/mol. The van der Waals surface area contributed by atoms with E-state index in [1.165, 1.54) is 0 Å². The van der Waals surface area contributed by atoms with E-state index in [4.69, 9.17) is 33.3 Å². The maximum atomic E-state index is 8.66. The van der Waals surface area contributed by atoms with Crippen LogP contribution in [0.2, 0.25) is 0 Å². The quantitative estimate of drug-likeness (QED) is 0.345. The van der Waals surface area contributed by atoms with Gasteiger partial charge in [-0.15, -0.1) is 0 Å². The summed E-state index contributed by atoms with van der Waals surface area (Å²) in [5.41, 5.74) is 0. The second kappa shape index (κ2) is 11.8. The predicted octanol–water partition coefficient (Wildman–Crippen LogP) is -5.45. The Kier molecular flexibility index (Phi) is 24.8. The van der Waals surface area contributed by atoms with Crippen molar-refractivity contribution in [2.45, 2.75) is 0 Å². The zero-order chi connectivity index (χ0) is 8.08. The molecule has 0 saturated carbocycles. The molecule has 0 aliphatic rings. The van der Waals surface area contributed by atoms with Crippen LogP contribution in [-0.4, -0.2) is 59.5 Å². The van der Waals surface area contributed by atoms with Gasteiger partial charge in [-0.05, 0) is 0 Å². The first-order valence-electron chi connectivity index (χ1n) is 1.36. The SMILES string of the molecule is O=P([O-])([O-])O.O=[Si]([O-])[O-].[Sr+2].[Zn+2]. The fourth-order valence-corrected chi connectivity index (χ4v) is 0. The molecule has 56 valence electrons. The standard InChI is InChI=1S/H3O4P.O3Si.Sr.Zn/c1-5(2,3)4;1-4(2)3;;/h(H3,1,2,3,4);;;/q;-2;2*+2/p-2. The van der Waals surface area contributed by atoms with E-state index in [1.807, 2.05) is 0 Å². The van der Waals surface area contributed by atoms with Crippen molar-refractivity contribution in [1.82, 2.24) is 0 Å². The zero-order valence-corrected chi connectivity index (χ0v) is 13.6. The van der Waals surface area contributed by atoms with Crippen molar-refractivity contribution >= 4 is 62.5 Å². The van der Waals surface area contributed by atoms with Crippen LogP contribution < -0.4 is 19.4 Å². The summed E-state index contributed by atoms with van der Waals surface area (Å²) in [4.78, 5) is 41.3. The van der Waals surface area contributed by atoms with Crippen molar-refractivity contribution in [2.75, 3.05) is 0 Å². The van der Waals surface area contributed by atoms with Crippen LogP contribution in [-0.2, 0) is 28.5 Å². The molecule has 0 aliphatic heterocycles. The van der Waals surface area contributed by atoms with Gasteiger partial charge in [0, 0.05) is 9.17 Å². The molecule has 0 bridgehead atoms. The molecule has 0 fully saturated rings. The van der Waals surface area contributed by atoms with Crippen molar-refractivity contribution in [3.05, 3.63) is 0 Å². The van der Waals surface area contributed by atoms with Crippen LogP contribution in [0.15, 0.2) is 0 Å². The van der Waals surface area contributed by atoms with E-state index in [-0.39, 0.29) is 65.0 Å². The molecule has 0 aliphatic carbocycles. The van der Waals surface area contributed by atoms with Gasteiger partial charge in [0.25, 0.3) is 0 Å². The summed E-state index contributed by atoms with van der Waals surface area (Å²) >= 11 is 0. The molecule has 0 amide bonds. The van der Waals surface area contributed by atoms with Gasteiger partial charge in [-0.1, -0.05) is 0 Å². The predicted molar refractivity (Wildman–Crippen MR) is 22.0 cm³/mol. The second-order valence-corrected chi connectivity index (χ2v) is 2.16. The van der Waals surface area contributed by atoms with Crippen LogP contribution in [0.4, 0.5) is 0 Å². The number of rotatable bonds is 0. The summed E-state index contributed by atoms with van der Waals surface area (Å²) in [7, 11) is -8.77. The largest absolute Gasteiger partial charge is 2.00 e. The van der Waals surface area contributed by atoms with Gasteiger partial charge in [0.05, 0.1) is 7.82 Å². The maximum Gasteiger partial charge on any atom is 2.00 e. The van der Waals surface area contributed by atoms with Crippen LogP contribution in [0, 0.1) is 0 Å². The van der Waals surface area contributed by atoms with E-state index in [0.29, 0.717) is 0 Å². The Morgan fingerprint density at radius 3 is 1.27 bits per heavy atom. The molecule has 0 saturated heterocycles. The van der Waals surface area contributed by atoms with Gasteiger partial charge in [-0.3, -0.25) is 0 Å². The Labute approximate surface area is 114 Å². The molecule has 0 radical (unpaired) electrons. The topological polar surface area (TPSA) is 147 Å².